The van der Waals surface area contributed by atoms with Crippen molar-refractivity contribution in [2.45, 2.75) is 52.0 Å². The second kappa shape index (κ2) is 8.46. The number of nitrogens with zero attached hydrogens (tertiary/aromatic N) is 1. The molecule has 0 aromatic heterocycles. The van der Waals surface area contributed by atoms with Gasteiger partial charge in [-0.15, -0.1) is 0 Å². The first-order valence-electron chi connectivity index (χ1n) is 9.59. The van der Waals surface area contributed by atoms with Crippen molar-refractivity contribution in [1.29, 1.82) is 0 Å². The van der Waals surface area contributed by atoms with Crippen LogP contribution in [0.1, 0.15) is 43.2 Å². The highest BCUT2D eigenvalue weighted by atomic mass is 32.2. The number of benzene rings is 1. The van der Waals surface area contributed by atoms with Crippen LogP contribution in [0, 0.1) is 25.7 Å². The molecule has 1 saturated carbocycles. The van der Waals surface area contributed by atoms with Crippen LogP contribution < -0.4 is 4.74 Å². The molecule has 6 heteroatoms. The molecule has 146 valence electrons. The van der Waals surface area contributed by atoms with Crippen molar-refractivity contribution in [3.05, 3.63) is 29.3 Å². The fourth-order valence-corrected chi connectivity index (χ4v) is 4.63. The van der Waals surface area contributed by atoms with E-state index < -0.39 is 12.0 Å². The zero-order valence-corrected chi connectivity index (χ0v) is 17.0. The molecule has 3 atom stereocenters. The molecule has 1 aromatic rings. The van der Waals surface area contributed by atoms with Gasteiger partial charge in [0.25, 0.3) is 0 Å². The Kier molecular flexibility index (Phi) is 6.25. The summed E-state index contributed by atoms with van der Waals surface area (Å²) in [6.07, 6.45) is 5.79. The van der Waals surface area contributed by atoms with Gasteiger partial charge in [0.1, 0.15) is 11.8 Å². The highest BCUT2D eigenvalue weighted by Gasteiger charge is 2.52. The van der Waals surface area contributed by atoms with Crippen molar-refractivity contribution >= 4 is 29.5 Å². The van der Waals surface area contributed by atoms with Gasteiger partial charge in [-0.2, -0.15) is 11.8 Å². The largest absolute Gasteiger partial charge is 0.425 e. The van der Waals surface area contributed by atoms with E-state index in [1.54, 1.807) is 17.8 Å². The van der Waals surface area contributed by atoms with Crippen LogP contribution in [0.25, 0.3) is 0 Å². The Morgan fingerprint density at radius 3 is 2.37 bits per heavy atom. The highest BCUT2D eigenvalue weighted by molar-refractivity contribution is 7.98. The van der Waals surface area contributed by atoms with E-state index in [-0.39, 0.29) is 23.7 Å². The van der Waals surface area contributed by atoms with Crippen molar-refractivity contribution in [1.82, 2.24) is 4.90 Å². The van der Waals surface area contributed by atoms with Gasteiger partial charge in [0.05, 0.1) is 11.8 Å². The highest BCUT2D eigenvalue weighted by Crippen LogP contribution is 2.39. The number of hydrogen-bond acceptors (Lipinski definition) is 5. The second-order valence-corrected chi connectivity index (χ2v) is 8.52. The molecule has 2 fully saturated rings. The maximum atomic E-state index is 13.0. The van der Waals surface area contributed by atoms with Crippen LogP contribution in [0.5, 0.6) is 5.75 Å². The molecule has 0 bridgehead atoms. The van der Waals surface area contributed by atoms with Crippen molar-refractivity contribution in [2.24, 2.45) is 11.8 Å². The van der Waals surface area contributed by atoms with Gasteiger partial charge < -0.3 is 4.74 Å². The van der Waals surface area contributed by atoms with E-state index in [1.165, 1.54) is 4.90 Å². The summed E-state index contributed by atoms with van der Waals surface area (Å²) in [6.45, 7) is 3.86. The number of fused-ring (bicyclic) bond motifs is 1. The number of thioether (sulfide) groups is 1. The molecule has 1 aliphatic heterocycles. The van der Waals surface area contributed by atoms with Crippen LogP contribution in [0.3, 0.4) is 0 Å². The average molecular weight is 390 g/mol. The lowest BCUT2D eigenvalue weighted by Crippen LogP contribution is -2.47. The topological polar surface area (TPSA) is 63.7 Å². The summed E-state index contributed by atoms with van der Waals surface area (Å²) in [5, 5.41) is 0. The molecule has 1 heterocycles. The minimum absolute atomic E-state index is 0.187. The third-order valence-electron chi connectivity index (χ3n) is 5.60. The second-order valence-electron chi connectivity index (χ2n) is 7.53. The first kappa shape index (κ1) is 19.9. The maximum absolute atomic E-state index is 13.0. The quantitative estimate of drug-likeness (QED) is 0.423. The van der Waals surface area contributed by atoms with Gasteiger partial charge in [-0.25, -0.2) is 4.79 Å². The van der Waals surface area contributed by atoms with Crippen molar-refractivity contribution in [3.8, 4) is 5.75 Å². The molecule has 2 amide bonds. The molecule has 0 spiro atoms. The summed E-state index contributed by atoms with van der Waals surface area (Å²) in [5.74, 6) is -0.234. The number of amides is 2. The Morgan fingerprint density at radius 1 is 1.19 bits per heavy atom. The Hall–Kier alpha value is -1.82. The number of hydrogen-bond donors (Lipinski definition) is 0. The molecule has 1 aromatic carbocycles. The minimum atomic E-state index is -0.844. The summed E-state index contributed by atoms with van der Waals surface area (Å²) in [7, 11) is 0. The van der Waals surface area contributed by atoms with Gasteiger partial charge in [0, 0.05) is 0 Å². The fourth-order valence-electron chi connectivity index (χ4n) is 4.17. The van der Waals surface area contributed by atoms with Crippen LogP contribution in [-0.4, -0.2) is 40.7 Å². The number of carbonyl (C=O) groups is 3. The third kappa shape index (κ3) is 4.05. The summed E-state index contributed by atoms with van der Waals surface area (Å²) in [6, 6.07) is 4.75. The van der Waals surface area contributed by atoms with Crippen molar-refractivity contribution in [2.75, 3.05) is 12.0 Å². The Balaban J connectivity index is 1.83. The molecule has 0 radical (unpaired) electrons. The van der Waals surface area contributed by atoms with Crippen LogP contribution in [0.4, 0.5) is 0 Å². The number of likely N-dealkylation sites (tertiary alicyclic amines) is 1. The Morgan fingerprint density at radius 2 is 1.81 bits per heavy atom. The summed E-state index contributed by atoms with van der Waals surface area (Å²) >= 11 is 1.59. The number of imide groups is 1. The molecular weight excluding hydrogens is 362 g/mol. The van der Waals surface area contributed by atoms with Gasteiger partial charge >= 0.3 is 5.97 Å². The Bertz CT molecular complexity index is 724. The lowest BCUT2D eigenvalue weighted by molar-refractivity contribution is -0.153. The predicted octanol–water partition coefficient (Wildman–Crippen LogP) is 3.51. The van der Waals surface area contributed by atoms with Crippen LogP contribution in [-0.2, 0) is 14.4 Å². The van der Waals surface area contributed by atoms with Crippen LogP contribution in [0.2, 0.25) is 0 Å². The van der Waals surface area contributed by atoms with Gasteiger partial charge in [-0.1, -0.05) is 30.5 Å². The molecule has 0 N–H and O–H groups in total. The third-order valence-corrected chi connectivity index (χ3v) is 6.24. The zero-order valence-electron chi connectivity index (χ0n) is 16.2. The molecule has 27 heavy (non-hydrogen) atoms. The molecule has 1 saturated heterocycles. The standard InChI is InChI=1S/C21H27NO4S/c1-13-8-9-18(14(2)12-13)26-21(25)17(10-11-27-3)22-19(23)15-6-4-5-7-16(15)20(22)24/h8-9,12,15-17H,4-7,10-11H2,1-3H3. The summed E-state index contributed by atoms with van der Waals surface area (Å²) < 4.78 is 5.63. The van der Waals surface area contributed by atoms with Gasteiger partial charge in [-0.3, -0.25) is 14.5 Å². The van der Waals surface area contributed by atoms with E-state index in [0.29, 0.717) is 17.9 Å². The number of rotatable bonds is 6. The van der Waals surface area contributed by atoms with E-state index in [9.17, 15) is 14.4 Å². The van der Waals surface area contributed by atoms with E-state index in [4.69, 9.17) is 4.74 Å². The normalized spacial score (nSPS) is 23.3. The first-order valence-corrected chi connectivity index (χ1v) is 11.0. The maximum Gasteiger partial charge on any atom is 0.334 e. The zero-order chi connectivity index (χ0) is 19.6. The molecular formula is C21H27NO4S. The number of carbonyl (C=O) groups excluding carboxylic acids is 3. The van der Waals surface area contributed by atoms with Gasteiger partial charge in [0.15, 0.2) is 0 Å². The molecule has 3 unspecified atom stereocenters. The predicted molar refractivity (Wildman–Crippen MR) is 106 cm³/mol. The van der Waals surface area contributed by atoms with Gasteiger partial charge in [0.2, 0.25) is 11.8 Å². The van der Waals surface area contributed by atoms with Crippen LogP contribution >= 0.6 is 11.8 Å². The lowest BCUT2D eigenvalue weighted by atomic mass is 9.81. The summed E-state index contributed by atoms with van der Waals surface area (Å²) in [4.78, 5) is 40.0. The SMILES string of the molecule is CSCCC(C(=O)Oc1ccc(C)cc1C)N1C(=O)C2CCCCC2C1=O. The smallest absolute Gasteiger partial charge is 0.334 e. The minimum Gasteiger partial charge on any atom is -0.425 e. The van der Waals surface area contributed by atoms with Crippen molar-refractivity contribution < 1.29 is 19.1 Å². The number of esters is 1. The van der Waals surface area contributed by atoms with Crippen LogP contribution in [0.15, 0.2) is 18.2 Å². The van der Waals surface area contributed by atoms with E-state index >= 15 is 0 Å². The lowest BCUT2D eigenvalue weighted by Gasteiger charge is -2.25. The number of ether oxygens (including phenoxy) is 1. The Labute approximate surface area is 164 Å². The van der Waals surface area contributed by atoms with E-state index in [1.807, 2.05) is 32.2 Å². The van der Waals surface area contributed by atoms with E-state index in [2.05, 4.69) is 0 Å². The molecule has 5 nitrogen and oxygen atoms in total. The van der Waals surface area contributed by atoms with Gasteiger partial charge in [-0.05, 0) is 56.7 Å². The average Bonchev–Trinajstić information content (AvgIpc) is 2.90. The molecule has 1 aliphatic carbocycles. The van der Waals surface area contributed by atoms with Crippen molar-refractivity contribution in [3.63, 3.8) is 0 Å². The number of aryl methyl sites for hydroxylation is 2. The monoisotopic (exact) mass is 389 g/mol. The van der Waals surface area contributed by atoms with E-state index in [0.717, 1.165) is 36.8 Å². The molecule has 3 rings (SSSR count). The first-order chi connectivity index (χ1) is 12.9. The summed E-state index contributed by atoms with van der Waals surface area (Å²) in [5.41, 5.74) is 1.94. The fraction of sp³-hybridized carbons (Fsp3) is 0.571. The molecule has 2 aliphatic rings.